The average molecular weight is 426 g/mol. The van der Waals surface area contributed by atoms with E-state index in [0.29, 0.717) is 64.9 Å². The van der Waals surface area contributed by atoms with Crippen molar-refractivity contribution < 1.29 is 28.5 Å². The van der Waals surface area contributed by atoms with Gasteiger partial charge in [-0.2, -0.15) is 0 Å². The van der Waals surface area contributed by atoms with E-state index >= 15 is 0 Å². The molecule has 0 fully saturated rings. The van der Waals surface area contributed by atoms with Crippen molar-refractivity contribution in [2.24, 2.45) is 0 Å². The summed E-state index contributed by atoms with van der Waals surface area (Å²) in [6, 6.07) is 3.66. The summed E-state index contributed by atoms with van der Waals surface area (Å²) in [6.07, 6.45) is 1.15. The molecule has 1 rings (SSSR count). The zero-order chi connectivity index (χ0) is 22.2. The Morgan fingerprint density at radius 2 is 1.47 bits per heavy atom. The third-order valence-electron chi connectivity index (χ3n) is 3.86. The minimum absolute atomic E-state index is 0.0433. The van der Waals surface area contributed by atoms with Crippen molar-refractivity contribution >= 4 is 12.0 Å². The third kappa shape index (κ3) is 11.7. The first-order chi connectivity index (χ1) is 14.3. The van der Waals surface area contributed by atoms with Gasteiger partial charge in [0, 0.05) is 30.4 Å². The standard InChI is InChI=1S/C21H35N3O6/c1-5-30-20(26)23-9-11-28-13-15-29-14-12-27-10-8-22-19(25)17-6-7-18(24-16-17)21(2,3)4/h6-7,16H,5,8-15H2,1-4H3,(H,22,25)(H,23,26). The van der Waals surface area contributed by atoms with E-state index < -0.39 is 6.09 Å². The molecule has 1 aromatic heterocycles. The van der Waals surface area contributed by atoms with E-state index in [1.54, 1.807) is 19.2 Å². The molecule has 0 saturated heterocycles. The van der Waals surface area contributed by atoms with Crippen LogP contribution in [0.3, 0.4) is 0 Å². The largest absolute Gasteiger partial charge is 0.450 e. The Morgan fingerprint density at radius 1 is 0.900 bits per heavy atom. The number of hydrogen-bond donors (Lipinski definition) is 2. The molecule has 0 aliphatic heterocycles. The average Bonchev–Trinajstić information content (AvgIpc) is 2.71. The summed E-state index contributed by atoms with van der Waals surface area (Å²) in [6.45, 7) is 11.7. The number of ether oxygens (including phenoxy) is 4. The highest BCUT2D eigenvalue weighted by Crippen LogP contribution is 2.19. The Morgan fingerprint density at radius 3 is 1.97 bits per heavy atom. The van der Waals surface area contributed by atoms with E-state index in [0.717, 1.165) is 5.69 Å². The van der Waals surface area contributed by atoms with Crippen molar-refractivity contribution in [2.75, 3.05) is 59.3 Å². The molecule has 170 valence electrons. The zero-order valence-corrected chi connectivity index (χ0v) is 18.5. The van der Waals surface area contributed by atoms with Crippen LogP contribution in [0.2, 0.25) is 0 Å². The van der Waals surface area contributed by atoms with Gasteiger partial charge in [0.15, 0.2) is 0 Å². The molecule has 0 atom stereocenters. The smallest absolute Gasteiger partial charge is 0.407 e. The van der Waals surface area contributed by atoms with Crippen molar-refractivity contribution in [2.45, 2.75) is 33.1 Å². The van der Waals surface area contributed by atoms with E-state index in [4.69, 9.17) is 18.9 Å². The number of amides is 2. The zero-order valence-electron chi connectivity index (χ0n) is 18.5. The minimum atomic E-state index is -0.444. The SMILES string of the molecule is CCOC(=O)NCCOCCOCCOCCNC(=O)c1ccc(C(C)(C)C)nc1. The maximum Gasteiger partial charge on any atom is 0.407 e. The molecule has 1 heterocycles. The summed E-state index contributed by atoms with van der Waals surface area (Å²) in [5.41, 5.74) is 1.43. The second kappa shape index (κ2) is 14.7. The molecule has 0 spiro atoms. The van der Waals surface area contributed by atoms with Crippen LogP contribution in [0, 0.1) is 0 Å². The number of nitrogens with one attached hydrogen (secondary N) is 2. The fourth-order valence-electron chi connectivity index (χ4n) is 2.26. The maximum absolute atomic E-state index is 12.1. The van der Waals surface area contributed by atoms with Crippen molar-refractivity contribution in [1.29, 1.82) is 0 Å². The Balaban J connectivity index is 1.95. The van der Waals surface area contributed by atoms with Crippen LogP contribution in [0.15, 0.2) is 18.3 Å². The summed E-state index contributed by atoms with van der Waals surface area (Å²) in [5, 5.41) is 5.36. The summed E-state index contributed by atoms with van der Waals surface area (Å²) >= 11 is 0. The number of rotatable bonds is 14. The summed E-state index contributed by atoms with van der Waals surface area (Å²) in [4.78, 5) is 27.5. The predicted molar refractivity (Wildman–Crippen MR) is 113 cm³/mol. The van der Waals surface area contributed by atoms with Crippen LogP contribution in [-0.4, -0.2) is 76.3 Å². The number of carbonyl (C=O) groups excluding carboxylic acids is 2. The maximum atomic E-state index is 12.1. The van der Waals surface area contributed by atoms with Gasteiger partial charge in [-0.25, -0.2) is 4.79 Å². The monoisotopic (exact) mass is 425 g/mol. The number of nitrogens with zero attached hydrogens (tertiary/aromatic N) is 1. The van der Waals surface area contributed by atoms with E-state index in [9.17, 15) is 9.59 Å². The van der Waals surface area contributed by atoms with Crippen LogP contribution in [0.4, 0.5) is 4.79 Å². The van der Waals surface area contributed by atoms with Gasteiger partial charge < -0.3 is 29.6 Å². The lowest BCUT2D eigenvalue weighted by Crippen LogP contribution is -2.28. The predicted octanol–water partition coefficient (Wildman–Crippen LogP) is 1.90. The van der Waals surface area contributed by atoms with E-state index in [2.05, 4.69) is 36.4 Å². The molecule has 0 unspecified atom stereocenters. The Labute approximate surface area is 178 Å². The second-order valence-electron chi connectivity index (χ2n) is 7.42. The van der Waals surface area contributed by atoms with Crippen molar-refractivity contribution in [3.8, 4) is 0 Å². The Bertz CT molecular complexity index is 616. The van der Waals surface area contributed by atoms with Gasteiger partial charge in [-0.05, 0) is 19.1 Å². The van der Waals surface area contributed by atoms with Crippen molar-refractivity contribution in [1.82, 2.24) is 15.6 Å². The van der Waals surface area contributed by atoms with Gasteiger partial charge in [0.1, 0.15) is 0 Å². The van der Waals surface area contributed by atoms with Crippen LogP contribution >= 0.6 is 0 Å². The van der Waals surface area contributed by atoms with Crippen molar-refractivity contribution in [3.63, 3.8) is 0 Å². The van der Waals surface area contributed by atoms with Crippen LogP contribution in [0.25, 0.3) is 0 Å². The normalized spacial score (nSPS) is 11.2. The highest BCUT2D eigenvalue weighted by Gasteiger charge is 2.15. The van der Waals surface area contributed by atoms with Crippen LogP contribution in [0.5, 0.6) is 0 Å². The lowest BCUT2D eigenvalue weighted by atomic mass is 9.91. The van der Waals surface area contributed by atoms with Gasteiger partial charge in [0.2, 0.25) is 0 Å². The van der Waals surface area contributed by atoms with Gasteiger partial charge in [-0.1, -0.05) is 20.8 Å². The molecule has 2 N–H and O–H groups in total. The third-order valence-corrected chi connectivity index (χ3v) is 3.86. The fraction of sp³-hybridized carbons (Fsp3) is 0.667. The van der Waals surface area contributed by atoms with E-state index in [-0.39, 0.29) is 11.3 Å². The van der Waals surface area contributed by atoms with Crippen molar-refractivity contribution in [3.05, 3.63) is 29.6 Å². The summed E-state index contributed by atoms with van der Waals surface area (Å²) < 4.78 is 20.8. The molecular formula is C21H35N3O6. The molecule has 0 bridgehead atoms. The van der Waals surface area contributed by atoms with Gasteiger partial charge in [0.25, 0.3) is 5.91 Å². The Hall–Kier alpha value is -2.23. The first kappa shape index (κ1) is 25.8. The van der Waals surface area contributed by atoms with Gasteiger partial charge in [-0.15, -0.1) is 0 Å². The molecule has 30 heavy (non-hydrogen) atoms. The molecule has 0 aromatic carbocycles. The summed E-state index contributed by atoms with van der Waals surface area (Å²) in [5.74, 6) is -0.169. The molecule has 0 aliphatic rings. The number of pyridine rings is 1. The lowest BCUT2D eigenvalue weighted by molar-refractivity contribution is 0.0157. The Kier molecular flexibility index (Phi) is 12.6. The fourth-order valence-corrected chi connectivity index (χ4v) is 2.26. The number of aromatic nitrogens is 1. The molecule has 0 saturated carbocycles. The lowest BCUT2D eigenvalue weighted by Gasteiger charge is -2.17. The van der Waals surface area contributed by atoms with Crippen LogP contribution in [-0.2, 0) is 24.4 Å². The van der Waals surface area contributed by atoms with E-state index in [1.807, 2.05) is 6.07 Å². The number of hydrogen-bond acceptors (Lipinski definition) is 7. The molecule has 1 aromatic rings. The molecule has 0 radical (unpaired) electrons. The number of carbonyl (C=O) groups is 2. The molecule has 0 aliphatic carbocycles. The highest BCUT2D eigenvalue weighted by molar-refractivity contribution is 5.93. The molecule has 2 amide bonds. The first-order valence-electron chi connectivity index (χ1n) is 10.2. The molecule has 9 nitrogen and oxygen atoms in total. The summed E-state index contributed by atoms with van der Waals surface area (Å²) in [7, 11) is 0. The topological polar surface area (TPSA) is 108 Å². The molecule has 9 heteroatoms. The van der Waals surface area contributed by atoms with Crippen LogP contribution < -0.4 is 10.6 Å². The minimum Gasteiger partial charge on any atom is -0.450 e. The van der Waals surface area contributed by atoms with E-state index in [1.165, 1.54) is 0 Å². The first-order valence-corrected chi connectivity index (χ1v) is 10.2. The number of alkyl carbamates (subject to hydrolysis) is 1. The highest BCUT2D eigenvalue weighted by atomic mass is 16.6. The van der Waals surface area contributed by atoms with Crippen LogP contribution in [0.1, 0.15) is 43.7 Å². The quantitative estimate of drug-likeness (QED) is 0.438. The second-order valence-corrected chi connectivity index (χ2v) is 7.42. The van der Waals surface area contributed by atoms with Gasteiger partial charge in [0.05, 0.1) is 51.8 Å². The van der Waals surface area contributed by atoms with Gasteiger partial charge in [-0.3, -0.25) is 9.78 Å². The molecular weight excluding hydrogens is 390 g/mol. The van der Waals surface area contributed by atoms with Gasteiger partial charge >= 0.3 is 6.09 Å².